The highest BCUT2D eigenvalue weighted by molar-refractivity contribution is 7.21. The number of hydrogen-bond acceptors (Lipinski definition) is 10. The van der Waals surface area contributed by atoms with Gasteiger partial charge in [-0.2, -0.15) is 4.98 Å². The number of rotatable bonds is 7. The monoisotopic (exact) mass is 524 g/mol. The third-order valence-electron chi connectivity index (χ3n) is 8.91. The third-order valence-corrected chi connectivity index (χ3v) is 9.95. The summed E-state index contributed by atoms with van der Waals surface area (Å²) in [7, 11) is 0. The van der Waals surface area contributed by atoms with Gasteiger partial charge in [0.1, 0.15) is 22.4 Å². The van der Waals surface area contributed by atoms with Gasteiger partial charge >= 0.3 is 0 Å². The topological polar surface area (TPSA) is 136 Å². The summed E-state index contributed by atoms with van der Waals surface area (Å²) in [6, 6.07) is 1.94. The van der Waals surface area contributed by atoms with E-state index in [0.717, 1.165) is 33.2 Å². The average molecular weight is 525 g/mol. The van der Waals surface area contributed by atoms with Gasteiger partial charge in [-0.25, -0.2) is 9.97 Å². The number of aliphatic hydroxyl groups is 3. The van der Waals surface area contributed by atoms with Crippen molar-refractivity contribution in [3.8, 4) is 10.6 Å². The van der Waals surface area contributed by atoms with Crippen LogP contribution in [0.4, 0.5) is 11.8 Å². The molecule has 3 saturated carbocycles. The van der Waals surface area contributed by atoms with Gasteiger partial charge in [0.25, 0.3) is 0 Å². The predicted molar refractivity (Wildman–Crippen MR) is 144 cm³/mol. The molecule has 0 aliphatic heterocycles. The first-order chi connectivity index (χ1) is 17.8. The molecule has 0 amide bonds. The number of hydrogen-bond donors (Lipinski definition) is 5. The second-order valence-electron chi connectivity index (χ2n) is 11.3. The fourth-order valence-corrected chi connectivity index (χ4v) is 7.63. The van der Waals surface area contributed by atoms with Crippen molar-refractivity contribution in [2.45, 2.75) is 77.0 Å². The van der Waals surface area contributed by atoms with Gasteiger partial charge in [-0.1, -0.05) is 19.3 Å². The Morgan fingerprint density at radius 3 is 2.62 bits per heavy atom. The van der Waals surface area contributed by atoms with Gasteiger partial charge in [-0.3, -0.25) is 4.98 Å². The maximum Gasteiger partial charge on any atom is 0.224 e. The number of fused-ring (bicyclic) bond motifs is 1. The number of aliphatic hydroxyl groups excluding tert-OH is 2. The lowest BCUT2D eigenvalue weighted by Crippen LogP contribution is -2.48. The number of aryl methyl sites for hydroxylation is 2. The van der Waals surface area contributed by atoms with E-state index >= 15 is 0 Å². The molecule has 1 spiro atoms. The molecule has 3 fully saturated rings. The van der Waals surface area contributed by atoms with Crippen molar-refractivity contribution in [2.24, 2.45) is 17.3 Å². The number of nitrogens with one attached hydrogen (secondary N) is 2. The van der Waals surface area contributed by atoms with E-state index in [1.165, 1.54) is 49.9 Å². The van der Waals surface area contributed by atoms with Crippen LogP contribution in [0.2, 0.25) is 0 Å². The maximum atomic E-state index is 11.4. The molecular weight excluding hydrogens is 488 g/mol. The molecule has 3 heterocycles. The normalized spacial score (nSPS) is 28.6. The van der Waals surface area contributed by atoms with Crippen LogP contribution in [0, 0.1) is 31.1 Å². The molecule has 0 aromatic carbocycles. The van der Waals surface area contributed by atoms with Crippen LogP contribution in [0.15, 0.2) is 12.3 Å². The minimum Gasteiger partial charge on any atom is -0.396 e. The Kier molecular flexibility index (Phi) is 6.34. The van der Waals surface area contributed by atoms with Crippen molar-refractivity contribution in [3.05, 3.63) is 23.7 Å². The molecule has 0 saturated heterocycles. The first kappa shape index (κ1) is 24.9. The summed E-state index contributed by atoms with van der Waals surface area (Å²) < 4.78 is 1.02. The van der Waals surface area contributed by atoms with Gasteiger partial charge in [-0.15, -0.1) is 11.3 Å². The lowest BCUT2D eigenvalue weighted by molar-refractivity contribution is -0.0545. The van der Waals surface area contributed by atoms with Gasteiger partial charge in [-0.05, 0) is 63.4 Å². The molecule has 3 aliphatic carbocycles. The predicted octanol–water partition coefficient (Wildman–Crippen LogP) is 4.01. The molecule has 10 heteroatoms. The number of nitrogens with zero attached hydrogens (tertiary/aromatic N) is 4. The molecule has 0 radical (unpaired) electrons. The maximum absolute atomic E-state index is 11.4. The zero-order valence-electron chi connectivity index (χ0n) is 21.5. The molecule has 3 aromatic rings. The summed E-state index contributed by atoms with van der Waals surface area (Å²) in [6.45, 7) is 4.52. The highest BCUT2D eigenvalue weighted by Gasteiger charge is 2.53. The Bertz CT molecular complexity index is 1310. The molecular formula is C27H36N6O3S. The van der Waals surface area contributed by atoms with Crippen LogP contribution in [0.5, 0.6) is 0 Å². The Morgan fingerprint density at radius 1 is 1.08 bits per heavy atom. The second-order valence-corrected chi connectivity index (χ2v) is 12.3. The van der Waals surface area contributed by atoms with E-state index in [-0.39, 0.29) is 12.5 Å². The van der Waals surface area contributed by atoms with Crippen LogP contribution in [0.3, 0.4) is 0 Å². The zero-order chi connectivity index (χ0) is 25.8. The molecule has 6 rings (SSSR count). The van der Waals surface area contributed by atoms with Crippen LogP contribution >= 0.6 is 11.3 Å². The van der Waals surface area contributed by atoms with Crippen molar-refractivity contribution in [1.29, 1.82) is 0 Å². The first-order valence-electron chi connectivity index (χ1n) is 13.5. The van der Waals surface area contributed by atoms with E-state index in [1.807, 2.05) is 19.9 Å². The molecule has 0 bridgehead atoms. The fraction of sp³-hybridized carbons (Fsp3) is 0.630. The first-order valence-corrected chi connectivity index (χ1v) is 14.3. The van der Waals surface area contributed by atoms with Gasteiger partial charge in [0.15, 0.2) is 5.72 Å². The fourth-order valence-electron chi connectivity index (χ4n) is 6.52. The summed E-state index contributed by atoms with van der Waals surface area (Å²) in [5.41, 5.74) is 2.04. The van der Waals surface area contributed by atoms with Crippen LogP contribution in [0.25, 0.3) is 20.8 Å². The summed E-state index contributed by atoms with van der Waals surface area (Å²) >= 11 is 1.53. The van der Waals surface area contributed by atoms with Crippen LogP contribution in [-0.2, 0) is 0 Å². The van der Waals surface area contributed by atoms with Crippen LogP contribution in [0.1, 0.15) is 62.8 Å². The largest absolute Gasteiger partial charge is 0.396 e. The van der Waals surface area contributed by atoms with E-state index in [0.29, 0.717) is 41.5 Å². The van der Waals surface area contributed by atoms with Crippen molar-refractivity contribution in [2.75, 3.05) is 23.8 Å². The number of aromatic nitrogens is 4. The van der Waals surface area contributed by atoms with E-state index in [1.54, 1.807) is 6.20 Å². The minimum absolute atomic E-state index is 0.180. The lowest BCUT2D eigenvalue weighted by Gasteiger charge is -2.31. The summed E-state index contributed by atoms with van der Waals surface area (Å²) in [6.07, 6.45) is 9.43. The molecule has 5 N–H and O–H groups in total. The Hall–Kier alpha value is -2.40. The van der Waals surface area contributed by atoms with E-state index in [4.69, 9.17) is 15.0 Å². The third kappa shape index (κ3) is 4.47. The summed E-state index contributed by atoms with van der Waals surface area (Å²) in [5, 5.41) is 39.2. The van der Waals surface area contributed by atoms with Crippen molar-refractivity contribution in [1.82, 2.24) is 19.9 Å². The quantitative estimate of drug-likeness (QED) is 0.290. The van der Waals surface area contributed by atoms with Gasteiger partial charge in [0.05, 0.1) is 21.7 Å². The van der Waals surface area contributed by atoms with E-state index < -0.39 is 11.8 Å². The van der Waals surface area contributed by atoms with Gasteiger partial charge < -0.3 is 26.0 Å². The SMILES string of the molecule is Cc1nc(NCC2CC23CCCCC3)nc(NC2(O)CCC(CO)C2O)c1-c1nc2c(C)nccc2s1. The average Bonchev–Trinajstić information content (AvgIpc) is 3.20. The molecule has 4 unspecified atom stereocenters. The molecule has 9 nitrogen and oxygen atoms in total. The highest BCUT2D eigenvalue weighted by atomic mass is 32.1. The minimum atomic E-state index is -1.60. The van der Waals surface area contributed by atoms with Gasteiger partial charge in [0, 0.05) is 25.3 Å². The van der Waals surface area contributed by atoms with Crippen molar-refractivity contribution in [3.63, 3.8) is 0 Å². The Balaban J connectivity index is 1.33. The standard InChI is InChI=1S/C27H36N6O3S/c1-15-20(24-31-21-16(2)28-11-7-19(21)37-24)23(33-27(36)10-6-17(14-34)22(27)35)32-25(30-15)29-13-18-12-26(18)8-4-3-5-9-26/h7,11,17-18,22,34-36H,3-6,8-10,12-14H2,1-2H3,(H2,29,30,32,33). The van der Waals surface area contributed by atoms with Crippen LogP contribution in [-0.4, -0.2) is 60.2 Å². The number of anilines is 2. The smallest absolute Gasteiger partial charge is 0.224 e. The number of pyridine rings is 1. The van der Waals surface area contributed by atoms with Crippen molar-refractivity contribution >= 4 is 33.3 Å². The zero-order valence-corrected chi connectivity index (χ0v) is 22.3. The lowest BCUT2D eigenvalue weighted by atomic mass is 9.84. The molecule has 198 valence electrons. The van der Waals surface area contributed by atoms with Gasteiger partial charge in [0.2, 0.25) is 5.95 Å². The van der Waals surface area contributed by atoms with Crippen molar-refractivity contribution < 1.29 is 15.3 Å². The van der Waals surface area contributed by atoms with E-state index in [9.17, 15) is 15.3 Å². The summed E-state index contributed by atoms with van der Waals surface area (Å²) in [4.78, 5) is 18.8. The molecule has 3 aliphatic rings. The molecule has 37 heavy (non-hydrogen) atoms. The van der Waals surface area contributed by atoms with E-state index in [2.05, 4.69) is 15.6 Å². The van der Waals surface area contributed by atoms with Crippen LogP contribution < -0.4 is 10.6 Å². The molecule has 4 atom stereocenters. The highest BCUT2D eigenvalue weighted by Crippen LogP contribution is 2.61. The number of thiazole rings is 1. The molecule has 3 aromatic heterocycles. The Labute approximate surface area is 220 Å². The Morgan fingerprint density at radius 2 is 1.89 bits per heavy atom. The summed E-state index contributed by atoms with van der Waals surface area (Å²) in [5.74, 6) is 1.20. The second kappa shape index (κ2) is 9.41.